The molecule has 2 N–H and O–H groups in total. The van der Waals surface area contributed by atoms with Crippen LogP contribution in [0.15, 0.2) is 42.7 Å². The molecule has 4 heteroatoms. The molecule has 1 heterocycles. The van der Waals surface area contributed by atoms with Gasteiger partial charge < -0.3 is 15.2 Å². The van der Waals surface area contributed by atoms with Crippen LogP contribution in [-0.4, -0.2) is 22.2 Å². The van der Waals surface area contributed by atoms with Gasteiger partial charge in [0.25, 0.3) is 0 Å². The maximum Gasteiger partial charge on any atom is 0.145 e. The molecule has 0 radical (unpaired) electrons. The van der Waals surface area contributed by atoms with Gasteiger partial charge in [-0.3, -0.25) is 4.98 Å². The summed E-state index contributed by atoms with van der Waals surface area (Å²) in [6.45, 7) is 3.47. The Labute approximate surface area is 137 Å². The molecule has 1 aliphatic rings. The summed E-state index contributed by atoms with van der Waals surface area (Å²) in [5.41, 5.74) is 1.79. The molecule has 0 saturated heterocycles. The molecule has 1 aliphatic carbocycles. The molecule has 3 rings (SSSR count). The van der Waals surface area contributed by atoms with Gasteiger partial charge in [-0.2, -0.15) is 0 Å². The summed E-state index contributed by atoms with van der Waals surface area (Å²) in [4.78, 5) is 4.05. The molecule has 1 saturated carbocycles. The molecule has 0 atom stereocenters. The molecular formula is C19H24N2O2. The van der Waals surface area contributed by atoms with Gasteiger partial charge in [0.1, 0.15) is 11.5 Å². The van der Waals surface area contributed by atoms with Crippen molar-refractivity contribution in [2.45, 2.75) is 44.8 Å². The van der Waals surface area contributed by atoms with Crippen molar-refractivity contribution in [2.75, 3.05) is 6.54 Å². The number of pyridine rings is 1. The number of aromatic nitrogens is 1. The number of aryl methyl sites for hydroxylation is 1. The third-order valence-corrected chi connectivity index (χ3v) is 4.42. The lowest BCUT2D eigenvalue weighted by Crippen LogP contribution is -2.37. The molecule has 1 aromatic heterocycles. The highest BCUT2D eigenvalue weighted by Gasteiger charge is 2.30. The number of ether oxygens (including phenoxy) is 1. The maximum absolute atomic E-state index is 10.3. The minimum Gasteiger partial charge on any atom is -0.455 e. The lowest BCUT2D eigenvalue weighted by atomic mass is 10.0. The van der Waals surface area contributed by atoms with E-state index in [-0.39, 0.29) is 0 Å². The monoisotopic (exact) mass is 312 g/mol. The van der Waals surface area contributed by atoms with Crippen LogP contribution in [-0.2, 0) is 6.54 Å². The van der Waals surface area contributed by atoms with E-state index in [1.807, 2.05) is 25.1 Å². The second-order valence-electron chi connectivity index (χ2n) is 6.43. The summed E-state index contributed by atoms with van der Waals surface area (Å²) in [7, 11) is 0. The Morgan fingerprint density at radius 3 is 2.78 bits per heavy atom. The van der Waals surface area contributed by atoms with Gasteiger partial charge in [0, 0.05) is 19.3 Å². The predicted octanol–water partition coefficient (Wildman–Crippen LogP) is 3.58. The third kappa shape index (κ3) is 4.30. The van der Waals surface area contributed by atoms with Crippen LogP contribution in [0, 0.1) is 6.92 Å². The molecule has 0 amide bonds. The van der Waals surface area contributed by atoms with E-state index in [1.165, 1.54) is 5.56 Å². The van der Waals surface area contributed by atoms with Crippen LogP contribution in [0.4, 0.5) is 0 Å². The van der Waals surface area contributed by atoms with Gasteiger partial charge in [-0.15, -0.1) is 0 Å². The molecule has 1 aromatic carbocycles. The minimum absolute atomic E-state index is 0.502. The first-order valence-electron chi connectivity index (χ1n) is 8.25. The van der Waals surface area contributed by atoms with E-state index in [0.717, 1.165) is 49.3 Å². The summed E-state index contributed by atoms with van der Waals surface area (Å²) >= 11 is 0. The van der Waals surface area contributed by atoms with E-state index in [0.29, 0.717) is 6.54 Å². The number of nitrogens with one attached hydrogen (secondary N) is 1. The average molecular weight is 312 g/mol. The van der Waals surface area contributed by atoms with Crippen LogP contribution in [0.3, 0.4) is 0 Å². The molecule has 122 valence electrons. The molecular weight excluding hydrogens is 288 g/mol. The summed E-state index contributed by atoms with van der Waals surface area (Å²) in [5.74, 6) is 1.58. The number of hydrogen-bond acceptors (Lipinski definition) is 4. The van der Waals surface area contributed by atoms with Gasteiger partial charge >= 0.3 is 0 Å². The van der Waals surface area contributed by atoms with Gasteiger partial charge in [0.2, 0.25) is 0 Å². The maximum atomic E-state index is 10.3. The minimum atomic E-state index is -0.502. The fourth-order valence-electron chi connectivity index (χ4n) is 3.12. The quantitative estimate of drug-likeness (QED) is 0.856. The van der Waals surface area contributed by atoms with E-state index in [2.05, 4.69) is 22.4 Å². The number of nitrogens with zero attached hydrogens (tertiary/aromatic N) is 1. The molecule has 0 aliphatic heterocycles. The number of hydrogen-bond donors (Lipinski definition) is 2. The van der Waals surface area contributed by atoms with Crippen LogP contribution in [0.1, 0.15) is 36.8 Å². The highest BCUT2D eigenvalue weighted by Crippen LogP contribution is 2.29. The van der Waals surface area contributed by atoms with Gasteiger partial charge in [-0.25, -0.2) is 0 Å². The van der Waals surface area contributed by atoms with Crippen LogP contribution in [0.25, 0.3) is 0 Å². The van der Waals surface area contributed by atoms with Crippen molar-refractivity contribution in [1.82, 2.24) is 10.3 Å². The normalized spacial score (nSPS) is 16.4. The van der Waals surface area contributed by atoms with Crippen LogP contribution in [0.5, 0.6) is 11.5 Å². The lowest BCUT2D eigenvalue weighted by molar-refractivity contribution is 0.0475. The Morgan fingerprint density at radius 1 is 1.26 bits per heavy atom. The van der Waals surface area contributed by atoms with Gasteiger partial charge in [-0.05, 0) is 49.1 Å². The average Bonchev–Trinajstić information content (AvgIpc) is 2.98. The molecule has 2 aromatic rings. The Bertz CT molecular complexity index is 637. The van der Waals surface area contributed by atoms with E-state index in [1.54, 1.807) is 12.4 Å². The second kappa shape index (κ2) is 7.11. The highest BCUT2D eigenvalue weighted by atomic mass is 16.5. The first-order chi connectivity index (χ1) is 11.1. The van der Waals surface area contributed by atoms with Crippen molar-refractivity contribution in [3.05, 3.63) is 53.9 Å². The Kier molecular flexibility index (Phi) is 4.94. The fraction of sp³-hybridized carbons (Fsp3) is 0.421. The number of aliphatic hydroxyl groups is 1. The zero-order valence-corrected chi connectivity index (χ0v) is 13.6. The van der Waals surface area contributed by atoms with Crippen LogP contribution in [0.2, 0.25) is 0 Å². The van der Waals surface area contributed by atoms with Gasteiger partial charge in [-0.1, -0.05) is 25.0 Å². The lowest BCUT2D eigenvalue weighted by Gasteiger charge is -2.22. The number of rotatable bonds is 6. The Morgan fingerprint density at radius 2 is 2.09 bits per heavy atom. The molecule has 0 unspecified atom stereocenters. The van der Waals surface area contributed by atoms with Crippen molar-refractivity contribution >= 4 is 0 Å². The fourth-order valence-corrected chi connectivity index (χ4v) is 3.12. The van der Waals surface area contributed by atoms with Gasteiger partial charge in [0.15, 0.2) is 0 Å². The zero-order valence-electron chi connectivity index (χ0n) is 13.6. The molecule has 0 spiro atoms. The van der Waals surface area contributed by atoms with E-state index >= 15 is 0 Å². The highest BCUT2D eigenvalue weighted by molar-refractivity contribution is 5.39. The topological polar surface area (TPSA) is 54.4 Å². The molecule has 1 fully saturated rings. The Balaban J connectivity index is 1.56. The molecule has 4 nitrogen and oxygen atoms in total. The van der Waals surface area contributed by atoms with Crippen molar-refractivity contribution < 1.29 is 9.84 Å². The van der Waals surface area contributed by atoms with Gasteiger partial charge in [0.05, 0.1) is 11.8 Å². The van der Waals surface area contributed by atoms with Crippen LogP contribution >= 0.6 is 0 Å². The Hall–Kier alpha value is -1.91. The van der Waals surface area contributed by atoms with Crippen molar-refractivity contribution in [3.8, 4) is 11.5 Å². The third-order valence-electron chi connectivity index (χ3n) is 4.42. The summed E-state index contributed by atoms with van der Waals surface area (Å²) in [5, 5.41) is 13.7. The first-order valence-corrected chi connectivity index (χ1v) is 8.25. The smallest absolute Gasteiger partial charge is 0.145 e. The van der Waals surface area contributed by atoms with Crippen molar-refractivity contribution in [3.63, 3.8) is 0 Å². The summed E-state index contributed by atoms with van der Waals surface area (Å²) in [6, 6.07) is 9.92. The molecule has 23 heavy (non-hydrogen) atoms. The second-order valence-corrected chi connectivity index (χ2v) is 6.43. The summed E-state index contributed by atoms with van der Waals surface area (Å²) < 4.78 is 5.84. The summed E-state index contributed by atoms with van der Waals surface area (Å²) in [6.07, 6.45) is 7.53. The molecule has 0 bridgehead atoms. The SMILES string of the molecule is Cc1cc(CNCC2(O)CCCC2)ccc1Oc1cccnc1. The van der Waals surface area contributed by atoms with E-state index in [4.69, 9.17) is 4.74 Å². The van der Waals surface area contributed by atoms with E-state index in [9.17, 15) is 5.11 Å². The predicted molar refractivity (Wildman–Crippen MR) is 90.6 cm³/mol. The van der Waals surface area contributed by atoms with E-state index < -0.39 is 5.60 Å². The van der Waals surface area contributed by atoms with Crippen molar-refractivity contribution in [1.29, 1.82) is 0 Å². The largest absolute Gasteiger partial charge is 0.455 e. The number of benzene rings is 1. The standard InChI is InChI=1S/C19H24N2O2/c1-15-11-16(12-21-14-19(22)8-2-3-9-19)6-7-18(15)23-17-5-4-10-20-13-17/h4-7,10-11,13,21-22H,2-3,8-9,12,14H2,1H3. The van der Waals surface area contributed by atoms with Crippen LogP contribution < -0.4 is 10.1 Å². The first kappa shape index (κ1) is 16.0. The van der Waals surface area contributed by atoms with Crippen molar-refractivity contribution in [2.24, 2.45) is 0 Å². The zero-order chi connectivity index (χ0) is 16.1.